The number of amides is 1. The number of benzene rings is 1. The number of sulfonamides is 1. The number of carbonyl (C=O) groups excluding carboxylic acids is 1. The molecule has 0 aliphatic carbocycles. The molecule has 0 spiro atoms. The van der Waals surface area contributed by atoms with Crippen LogP contribution < -0.4 is 10.6 Å². The summed E-state index contributed by atoms with van der Waals surface area (Å²) in [7, 11) is -3.32. The number of pyridine rings is 1. The number of piperazine rings is 1. The summed E-state index contributed by atoms with van der Waals surface area (Å²) in [4.78, 5) is 18.9. The first-order chi connectivity index (χ1) is 16.8. The molecule has 2 heterocycles. The number of anilines is 1. The van der Waals surface area contributed by atoms with Gasteiger partial charge in [-0.05, 0) is 24.0 Å². The standard InChI is InChI=1S/C24H28N6O3S2/c1-3-14-35(32,33)30-12-10-29(11-13-30)23-19(15-25)18(4-2)20(16-26)24(28-23)34-21(22(27)31)17-8-6-5-7-9-17/h5-9,21H,3-4,10-14H2,1-2H3,(H2,27,31). The van der Waals surface area contributed by atoms with Gasteiger partial charge in [-0.15, -0.1) is 0 Å². The van der Waals surface area contributed by atoms with Crippen LogP contribution in [0, 0.1) is 22.7 Å². The molecule has 1 aromatic heterocycles. The third kappa shape index (κ3) is 5.76. The van der Waals surface area contributed by atoms with Gasteiger partial charge in [0.15, 0.2) is 0 Å². The maximum atomic E-state index is 12.5. The molecule has 184 valence electrons. The van der Waals surface area contributed by atoms with E-state index in [0.29, 0.717) is 53.5 Å². The zero-order valence-electron chi connectivity index (χ0n) is 19.8. The summed E-state index contributed by atoms with van der Waals surface area (Å²) in [5.74, 6) is -0.0689. The van der Waals surface area contributed by atoms with Gasteiger partial charge in [0.1, 0.15) is 28.2 Å². The van der Waals surface area contributed by atoms with E-state index in [9.17, 15) is 23.7 Å². The molecule has 2 N–H and O–H groups in total. The average Bonchev–Trinajstić information content (AvgIpc) is 2.86. The fourth-order valence-corrected chi connectivity index (χ4v) is 6.64. The molecule has 3 rings (SSSR count). The molecule has 0 bridgehead atoms. The lowest BCUT2D eigenvalue weighted by Gasteiger charge is -2.35. The molecule has 1 aromatic carbocycles. The van der Waals surface area contributed by atoms with Crippen LogP contribution in [-0.2, 0) is 21.2 Å². The van der Waals surface area contributed by atoms with Crippen molar-refractivity contribution in [2.45, 2.75) is 37.0 Å². The van der Waals surface area contributed by atoms with Crippen molar-refractivity contribution in [3.63, 3.8) is 0 Å². The van der Waals surface area contributed by atoms with Crippen molar-refractivity contribution in [3.05, 3.63) is 52.6 Å². The van der Waals surface area contributed by atoms with E-state index < -0.39 is 21.2 Å². The number of thioether (sulfide) groups is 1. The Bertz CT molecular complexity index is 1260. The van der Waals surface area contributed by atoms with Crippen LogP contribution >= 0.6 is 11.8 Å². The van der Waals surface area contributed by atoms with E-state index in [-0.39, 0.29) is 24.4 Å². The Balaban J connectivity index is 2.02. The normalized spacial score (nSPS) is 15.3. The van der Waals surface area contributed by atoms with Gasteiger partial charge in [-0.1, -0.05) is 55.9 Å². The van der Waals surface area contributed by atoms with Gasteiger partial charge in [-0.25, -0.2) is 13.4 Å². The summed E-state index contributed by atoms with van der Waals surface area (Å²) in [5.41, 5.74) is 7.50. The molecular formula is C24H28N6O3S2. The molecule has 1 saturated heterocycles. The third-order valence-electron chi connectivity index (χ3n) is 5.81. The third-order valence-corrected chi connectivity index (χ3v) is 9.14. The van der Waals surface area contributed by atoms with Gasteiger partial charge in [0.05, 0.1) is 16.9 Å². The number of hydrogen-bond donors (Lipinski definition) is 1. The van der Waals surface area contributed by atoms with Crippen molar-refractivity contribution in [1.82, 2.24) is 9.29 Å². The van der Waals surface area contributed by atoms with E-state index in [4.69, 9.17) is 5.73 Å². The van der Waals surface area contributed by atoms with Crippen molar-refractivity contribution < 1.29 is 13.2 Å². The minimum Gasteiger partial charge on any atom is -0.368 e. The minimum atomic E-state index is -3.32. The van der Waals surface area contributed by atoms with E-state index in [0.717, 1.165) is 11.8 Å². The van der Waals surface area contributed by atoms with E-state index in [2.05, 4.69) is 17.1 Å². The van der Waals surface area contributed by atoms with E-state index in [1.165, 1.54) is 4.31 Å². The van der Waals surface area contributed by atoms with Crippen molar-refractivity contribution >= 4 is 33.5 Å². The lowest BCUT2D eigenvalue weighted by atomic mass is 10.0. The zero-order chi connectivity index (χ0) is 25.6. The number of nitrogens with two attached hydrogens (primary N) is 1. The molecule has 1 aliphatic heterocycles. The Labute approximate surface area is 210 Å². The zero-order valence-corrected chi connectivity index (χ0v) is 21.4. The second-order valence-electron chi connectivity index (χ2n) is 8.06. The molecule has 0 saturated carbocycles. The van der Waals surface area contributed by atoms with Crippen LogP contribution in [0.25, 0.3) is 0 Å². The fourth-order valence-electron chi connectivity index (χ4n) is 4.09. The number of nitrogens with zero attached hydrogens (tertiary/aromatic N) is 5. The van der Waals surface area contributed by atoms with E-state index in [1.54, 1.807) is 24.3 Å². The fraction of sp³-hybridized carbons (Fsp3) is 0.417. The van der Waals surface area contributed by atoms with Gasteiger partial charge in [-0.2, -0.15) is 14.8 Å². The monoisotopic (exact) mass is 512 g/mol. The van der Waals surface area contributed by atoms with Crippen LogP contribution in [-0.4, -0.2) is 55.5 Å². The highest BCUT2D eigenvalue weighted by molar-refractivity contribution is 8.00. The quantitative estimate of drug-likeness (QED) is 0.505. The second-order valence-corrected chi connectivity index (χ2v) is 11.2. The Hall–Kier alpha value is -3.12. The highest BCUT2D eigenvalue weighted by Gasteiger charge is 2.31. The molecule has 9 nitrogen and oxygen atoms in total. The average molecular weight is 513 g/mol. The molecule has 1 fully saturated rings. The predicted molar refractivity (Wildman–Crippen MR) is 135 cm³/mol. The van der Waals surface area contributed by atoms with Gasteiger partial charge in [-0.3, -0.25) is 4.79 Å². The number of aromatic nitrogens is 1. The molecular weight excluding hydrogens is 484 g/mol. The van der Waals surface area contributed by atoms with Gasteiger partial charge in [0.2, 0.25) is 15.9 Å². The summed E-state index contributed by atoms with van der Waals surface area (Å²) in [5, 5.41) is 19.5. The maximum Gasteiger partial charge on any atom is 0.235 e. The van der Waals surface area contributed by atoms with Gasteiger partial charge in [0, 0.05) is 26.2 Å². The molecule has 11 heteroatoms. The summed E-state index contributed by atoms with van der Waals surface area (Å²) in [6.45, 7) is 4.98. The van der Waals surface area contributed by atoms with E-state index in [1.807, 2.05) is 24.8 Å². The molecule has 1 aliphatic rings. The maximum absolute atomic E-state index is 12.5. The predicted octanol–water partition coefficient (Wildman–Crippen LogP) is 2.57. The van der Waals surface area contributed by atoms with Crippen LogP contribution in [0.15, 0.2) is 35.4 Å². The van der Waals surface area contributed by atoms with Crippen molar-refractivity contribution in [1.29, 1.82) is 10.5 Å². The topological polar surface area (TPSA) is 144 Å². The lowest BCUT2D eigenvalue weighted by Crippen LogP contribution is -2.49. The highest BCUT2D eigenvalue weighted by Crippen LogP contribution is 2.39. The van der Waals surface area contributed by atoms with Gasteiger partial charge >= 0.3 is 0 Å². The van der Waals surface area contributed by atoms with Crippen molar-refractivity contribution in [2.24, 2.45) is 5.73 Å². The van der Waals surface area contributed by atoms with E-state index >= 15 is 0 Å². The Morgan fingerprint density at radius 1 is 1.11 bits per heavy atom. The number of rotatable bonds is 9. The molecule has 0 radical (unpaired) electrons. The minimum absolute atomic E-state index is 0.0975. The second kappa shape index (κ2) is 11.5. The number of carbonyl (C=O) groups is 1. The Kier molecular flexibility index (Phi) is 8.73. The number of hydrogen-bond acceptors (Lipinski definition) is 8. The number of primary amides is 1. The number of nitriles is 2. The van der Waals surface area contributed by atoms with Gasteiger partial charge < -0.3 is 10.6 Å². The molecule has 1 atom stereocenters. The summed E-state index contributed by atoms with van der Waals surface area (Å²) in [6.07, 6.45) is 0.966. The smallest absolute Gasteiger partial charge is 0.235 e. The Morgan fingerprint density at radius 3 is 2.26 bits per heavy atom. The lowest BCUT2D eigenvalue weighted by molar-refractivity contribution is -0.117. The van der Waals surface area contributed by atoms with Gasteiger partial charge in [0.25, 0.3) is 0 Å². The molecule has 35 heavy (non-hydrogen) atoms. The first kappa shape index (κ1) is 26.5. The van der Waals surface area contributed by atoms with Crippen LogP contribution in [0.5, 0.6) is 0 Å². The summed E-state index contributed by atoms with van der Waals surface area (Å²) < 4.78 is 26.4. The van der Waals surface area contributed by atoms with Crippen molar-refractivity contribution in [2.75, 3.05) is 36.8 Å². The first-order valence-electron chi connectivity index (χ1n) is 11.4. The molecule has 2 aromatic rings. The van der Waals surface area contributed by atoms with Crippen molar-refractivity contribution in [3.8, 4) is 12.1 Å². The van der Waals surface area contributed by atoms with Crippen LogP contribution in [0.1, 0.15) is 47.8 Å². The summed E-state index contributed by atoms with van der Waals surface area (Å²) in [6, 6.07) is 13.4. The SMILES string of the molecule is CCCS(=O)(=O)N1CCN(c2nc(SC(C(N)=O)c3ccccc3)c(C#N)c(CC)c2C#N)CC1. The van der Waals surface area contributed by atoms with Crippen LogP contribution in [0.4, 0.5) is 5.82 Å². The Morgan fingerprint density at radius 2 is 1.74 bits per heavy atom. The summed E-state index contributed by atoms with van der Waals surface area (Å²) >= 11 is 1.09. The highest BCUT2D eigenvalue weighted by atomic mass is 32.2. The molecule has 1 unspecified atom stereocenters. The molecule has 1 amide bonds. The van der Waals surface area contributed by atoms with Crippen LogP contribution in [0.3, 0.4) is 0 Å². The van der Waals surface area contributed by atoms with Crippen LogP contribution in [0.2, 0.25) is 0 Å². The first-order valence-corrected chi connectivity index (χ1v) is 13.9. The largest absolute Gasteiger partial charge is 0.368 e.